The largest absolute Gasteiger partial charge is 0.487 e. The van der Waals surface area contributed by atoms with Crippen molar-refractivity contribution < 1.29 is 9.53 Å². The van der Waals surface area contributed by atoms with E-state index in [4.69, 9.17) is 10.5 Å². The van der Waals surface area contributed by atoms with Crippen molar-refractivity contribution in [3.05, 3.63) is 46.3 Å². The first-order valence-corrected chi connectivity index (χ1v) is 7.91. The Morgan fingerprint density at radius 2 is 2.00 bits per heavy atom. The van der Waals surface area contributed by atoms with Crippen LogP contribution in [0.4, 0.5) is 5.95 Å². The van der Waals surface area contributed by atoms with E-state index in [1.54, 1.807) is 14.0 Å². The molecule has 0 fully saturated rings. The molecular weight excluding hydrogens is 304 g/mol. The van der Waals surface area contributed by atoms with Crippen molar-refractivity contribution in [2.75, 3.05) is 12.8 Å². The summed E-state index contributed by atoms with van der Waals surface area (Å²) in [4.78, 5) is 20.4. The summed E-state index contributed by atoms with van der Waals surface area (Å²) in [5.41, 5.74) is 9.38. The Kier molecular flexibility index (Phi) is 5.39. The number of anilines is 1. The van der Waals surface area contributed by atoms with E-state index in [0.29, 0.717) is 22.9 Å². The summed E-state index contributed by atoms with van der Waals surface area (Å²) >= 11 is 0. The van der Waals surface area contributed by atoms with Gasteiger partial charge in [0.05, 0.1) is 17.0 Å². The Morgan fingerprint density at radius 1 is 1.29 bits per heavy atom. The fourth-order valence-corrected chi connectivity index (χ4v) is 2.57. The number of nitrogens with two attached hydrogens (primary N) is 1. The number of nitrogens with zero attached hydrogens (tertiary/aromatic N) is 2. The molecule has 24 heavy (non-hydrogen) atoms. The van der Waals surface area contributed by atoms with Gasteiger partial charge >= 0.3 is 0 Å². The van der Waals surface area contributed by atoms with Gasteiger partial charge in [-0.25, -0.2) is 9.97 Å². The number of aromatic nitrogens is 2. The number of hydrogen-bond acceptors (Lipinski definition) is 5. The minimum Gasteiger partial charge on any atom is -0.487 e. The topological polar surface area (TPSA) is 90.1 Å². The SMILES string of the molecule is CNC(=O)c1c(C)nc(N)nc1COc1cc(C)ccc1C(C)C. The van der Waals surface area contributed by atoms with E-state index in [9.17, 15) is 4.79 Å². The van der Waals surface area contributed by atoms with Gasteiger partial charge < -0.3 is 15.8 Å². The van der Waals surface area contributed by atoms with Crippen molar-refractivity contribution in [2.45, 2.75) is 40.2 Å². The maximum Gasteiger partial charge on any atom is 0.254 e. The van der Waals surface area contributed by atoms with Gasteiger partial charge in [-0.15, -0.1) is 0 Å². The van der Waals surface area contributed by atoms with E-state index < -0.39 is 0 Å². The van der Waals surface area contributed by atoms with Gasteiger partial charge in [0.15, 0.2) is 0 Å². The summed E-state index contributed by atoms with van der Waals surface area (Å²) in [5.74, 6) is 1.01. The molecule has 1 amide bonds. The van der Waals surface area contributed by atoms with E-state index in [-0.39, 0.29) is 18.5 Å². The Balaban J connectivity index is 2.36. The molecule has 1 aromatic carbocycles. The number of amides is 1. The van der Waals surface area contributed by atoms with Crippen LogP contribution >= 0.6 is 0 Å². The molecule has 2 aromatic rings. The Hall–Kier alpha value is -2.63. The highest BCUT2D eigenvalue weighted by atomic mass is 16.5. The van der Waals surface area contributed by atoms with Gasteiger partial charge in [-0.05, 0) is 37.0 Å². The number of carbonyl (C=O) groups excluding carboxylic acids is 1. The van der Waals surface area contributed by atoms with Gasteiger partial charge in [-0.1, -0.05) is 26.0 Å². The first kappa shape index (κ1) is 17.7. The van der Waals surface area contributed by atoms with Crippen LogP contribution in [-0.2, 0) is 6.61 Å². The van der Waals surface area contributed by atoms with Crippen LogP contribution in [0.1, 0.15) is 52.6 Å². The molecule has 0 radical (unpaired) electrons. The molecule has 1 heterocycles. The molecule has 2 rings (SSSR count). The molecule has 3 N–H and O–H groups in total. The maximum atomic E-state index is 12.1. The van der Waals surface area contributed by atoms with Crippen LogP contribution in [0.2, 0.25) is 0 Å². The van der Waals surface area contributed by atoms with Crippen LogP contribution in [0.15, 0.2) is 18.2 Å². The molecule has 0 bridgehead atoms. The van der Waals surface area contributed by atoms with Crippen molar-refractivity contribution in [3.8, 4) is 5.75 Å². The van der Waals surface area contributed by atoms with Crippen LogP contribution in [0, 0.1) is 13.8 Å². The number of rotatable bonds is 5. The molecule has 0 aliphatic rings. The summed E-state index contributed by atoms with van der Waals surface area (Å²) < 4.78 is 5.98. The molecule has 6 nitrogen and oxygen atoms in total. The molecule has 0 aliphatic carbocycles. The van der Waals surface area contributed by atoms with Crippen molar-refractivity contribution in [2.24, 2.45) is 0 Å². The third-order valence-corrected chi connectivity index (χ3v) is 3.79. The summed E-state index contributed by atoms with van der Waals surface area (Å²) in [6, 6.07) is 6.12. The van der Waals surface area contributed by atoms with Crippen LogP contribution in [0.3, 0.4) is 0 Å². The lowest BCUT2D eigenvalue weighted by Gasteiger charge is -2.16. The van der Waals surface area contributed by atoms with Gasteiger partial charge in [-0.2, -0.15) is 0 Å². The Labute approximate surface area is 142 Å². The third kappa shape index (κ3) is 3.82. The molecule has 128 valence electrons. The molecule has 0 aliphatic heterocycles. The lowest BCUT2D eigenvalue weighted by molar-refractivity contribution is 0.0959. The van der Waals surface area contributed by atoms with Crippen LogP contribution in [0.5, 0.6) is 5.75 Å². The van der Waals surface area contributed by atoms with E-state index >= 15 is 0 Å². The lowest BCUT2D eigenvalue weighted by atomic mass is 10.0. The molecule has 1 aromatic heterocycles. The van der Waals surface area contributed by atoms with Crippen LogP contribution < -0.4 is 15.8 Å². The number of hydrogen-bond donors (Lipinski definition) is 2. The quantitative estimate of drug-likeness (QED) is 0.881. The van der Waals surface area contributed by atoms with Crippen molar-refractivity contribution in [1.29, 1.82) is 0 Å². The molecule has 0 saturated carbocycles. The zero-order valence-electron chi connectivity index (χ0n) is 14.8. The summed E-state index contributed by atoms with van der Waals surface area (Å²) in [5, 5.41) is 2.60. The normalized spacial score (nSPS) is 10.8. The molecular formula is C18H24N4O2. The van der Waals surface area contributed by atoms with Crippen molar-refractivity contribution in [1.82, 2.24) is 15.3 Å². The summed E-state index contributed by atoms with van der Waals surface area (Å²) in [6.07, 6.45) is 0. The zero-order valence-corrected chi connectivity index (χ0v) is 14.8. The van der Waals surface area contributed by atoms with Crippen LogP contribution in [-0.4, -0.2) is 22.9 Å². The minimum atomic E-state index is -0.251. The van der Waals surface area contributed by atoms with Gasteiger partial charge in [-0.3, -0.25) is 4.79 Å². The number of benzene rings is 1. The van der Waals surface area contributed by atoms with Gasteiger partial charge in [0.25, 0.3) is 5.91 Å². The van der Waals surface area contributed by atoms with Gasteiger partial charge in [0.2, 0.25) is 5.95 Å². The van der Waals surface area contributed by atoms with E-state index in [0.717, 1.165) is 16.9 Å². The number of ether oxygens (including phenoxy) is 1. The monoisotopic (exact) mass is 328 g/mol. The second-order valence-electron chi connectivity index (χ2n) is 6.05. The van der Waals surface area contributed by atoms with Gasteiger partial charge in [0.1, 0.15) is 12.4 Å². The van der Waals surface area contributed by atoms with E-state index in [2.05, 4.69) is 41.3 Å². The Bertz CT molecular complexity index is 757. The number of nitrogens with one attached hydrogen (secondary N) is 1. The first-order chi connectivity index (χ1) is 11.3. The molecule has 0 unspecified atom stereocenters. The van der Waals surface area contributed by atoms with E-state index in [1.165, 1.54) is 0 Å². The molecule has 0 saturated heterocycles. The number of carbonyl (C=O) groups is 1. The fourth-order valence-electron chi connectivity index (χ4n) is 2.57. The smallest absolute Gasteiger partial charge is 0.254 e. The number of nitrogen functional groups attached to an aromatic ring is 1. The Morgan fingerprint density at radius 3 is 2.62 bits per heavy atom. The van der Waals surface area contributed by atoms with Crippen molar-refractivity contribution in [3.63, 3.8) is 0 Å². The third-order valence-electron chi connectivity index (χ3n) is 3.79. The molecule has 0 atom stereocenters. The highest BCUT2D eigenvalue weighted by Crippen LogP contribution is 2.28. The highest BCUT2D eigenvalue weighted by Gasteiger charge is 2.18. The standard InChI is InChI=1S/C18H24N4O2/c1-10(2)13-7-6-11(3)8-15(13)24-9-14-16(17(23)20-5)12(4)21-18(19)22-14/h6-8,10H,9H2,1-5H3,(H,20,23)(H2,19,21,22). The predicted molar refractivity (Wildman–Crippen MR) is 94.2 cm³/mol. The summed E-state index contributed by atoms with van der Waals surface area (Å²) in [7, 11) is 1.57. The first-order valence-electron chi connectivity index (χ1n) is 7.91. The zero-order chi connectivity index (χ0) is 17.9. The van der Waals surface area contributed by atoms with Gasteiger partial charge in [0, 0.05) is 7.05 Å². The fraction of sp³-hybridized carbons (Fsp3) is 0.389. The maximum absolute atomic E-state index is 12.1. The average Bonchev–Trinajstić information content (AvgIpc) is 2.51. The van der Waals surface area contributed by atoms with Crippen molar-refractivity contribution >= 4 is 11.9 Å². The lowest BCUT2D eigenvalue weighted by Crippen LogP contribution is -2.23. The second-order valence-corrected chi connectivity index (χ2v) is 6.05. The average molecular weight is 328 g/mol. The number of aryl methyl sites for hydroxylation is 2. The van der Waals surface area contributed by atoms with E-state index in [1.807, 2.05) is 13.0 Å². The molecule has 6 heteroatoms. The molecule has 0 spiro atoms. The van der Waals surface area contributed by atoms with Crippen LogP contribution in [0.25, 0.3) is 0 Å². The predicted octanol–water partition coefficient (Wildman–Crippen LogP) is 2.74. The summed E-state index contributed by atoms with van der Waals surface area (Å²) in [6.45, 7) is 8.12. The minimum absolute atomic E-state index is 0.132. The highest BCUT2D eigenvalue weighted by molar-refractivity contribution is 5.96. The second kappa shape index (κ2) is 7.29.